The molecule has 122 valence electrons. The molecule has 1 aliphatic rings. The predicted octanol–water partition coefficient (Wildman–Crippen LogP) is 3.10. The second kappa shape index (κ2) is 6.67. The van der Waals surface area contributed by atoms with E-state index in [0.717, 1.165) is 25.9 Å². The Morgan fingerprint density at radius 1 is 1.33 bits per heavy atom. The van der Waals surface area contributed by atoms with Gasteiger partial charge >= 0.3 is 12.0 Å². The number of amides is 2. The number of urea groups is 1. The van der Waals surface area contributed by atoms with Crippen LogP contribution >= 0.6 is 0 Å². The number of likely N-dealkylation sites (tertiary alicyclic amines) is 1. The first-order valence-corrected chi connectivity index (χ1v) is 7.76. The van der Waals surface area contributed by atoms with E-state index in [2.05, 4.69) is 39.9 Å². The van der Waals surface area contributed by atoms with Crippen LogP contribution in [0.1, 0.15) is 60.3 Å². The van der Waals surface area contributed by atoms with Gasteiger partial charge in [-0.25, -0.2) is 4.79 Å². The Kier molecular flexibility index (Phi) is 5.65. The van der Waals surface area contributed by atoms with Gasteiger partial charge in [0.1, 0.15) is 0 Å². The molecule has 0 radical (unpaired) electrons. The molecule has 2 N–H and O–H groups in total. The monoisotopic (exact) mass is 298 g/mol. The maximum Gasteiger partial charge on any atom is 0.317 e. The van der Waals surface area contributed by atoms with Gasteiger partial charge in [0.2, 0.25) is 0 Å². The van der Waals surface area contributed by atoms with Crippen LogP contribution in [0.4, 0.5) is 4.79 Å². The molecule has 0 saturated carbocycles. The molecule has 1 fully saturated rings. The topological polar surface area (TPSA) is 69.6 Å². The zero-order chi connectivity index (χ0) is 16.3. The van der Waals surface area contributed by atoms with Crippen LogP contribution in [0.15, 0.2) is 0 Å². The standard InChI is InChI=1S/C16H30N2O3/c1-15(2,3)10-12(9-13(19)20)17-14(21)18-8-6-7-16(4,5)11-18/h12H,6-11H2,1-5H3,(H,17,21)(H,19,20). The SMILES string of the molecule is CC(C)(C)CC(CC(=O)O)NC(=O)N1CCCC(C)(C)C1. The molecule has 5 nitrogen and oxygen atoms in total. The van der Waals surface area contributed by atoms with Gasteiger partial charge in [0.15, 0.2) is 0 Å². The third-order valence-corrected chi connectivity index (χ3v) is 3.80. The molecule has 1 atom stereocenters. The van der Waals surface area contributed by atoms with Crippen molar-refractivity contribution < 1.29 is 14.7 Å². The molecule has 0 aromatic heterocycles. The van der Waals surface area contributed by atoms with Crippen molar-refractivity contribution in [2.24, 2.45) is 10.8 Å². The smallest absolute Gasteiger partial charge is 0.317 e. The average Bonchev–Trinajstić information content (AvgIpc) is 2.23. The molecule has 1 heterocycles. The third kappa shape index (κ3) is 6.82. The molecular weight excluding hydrogens is 268 g/mol. The van der Waals surface area contributed by atoms with Crippen LogP contribution in [0, 0.1) is 10.8 Å². The molecule has 0 aliphatic carbocycles. The summed E-state index contributed by atoms with van der Waals surface area (Å²) in [6, 6.07) is -0.446. The highest BCUT2D eigenvalue weighted by molar-refractivity contribution is 5.76. The number of piperidine rings is 1. The highest BCUT2D eigenvalue weighted by atomic mass is 16.4. The second-order valence-corrected chi connectivity index (χ2v) is 8.20. The largest absolute Gasteiger partial charge is 0.481 e. The van der Waals surface area contributed by atoms with Crippen molar-refractivity contribution >= 4 is 12.0 Å². The van der Waals surface area contributed by atoms with Crippen LogP contribution < -0.4 is 5.32 Å². The molecule has 0 aromatic carbocycles. The minimum absolute atomic E-state index is 0.0193. The minimum atomic E-state index is -0.872. The van der Waals surface area contributed by atoms with Gasteiger partial charge < -0.3 is 15.3 Å². The Labute approximate surface area is 128 Å². The summed E-state index contributed by atoms with van der Waals surface area (Å²) in [4.78, 5) is 25.2. The van der Waals surface area contributed by atoms with E-state index in [0.29, 0.717) is 6.42 Å². The summed E-state index contributed by atoms with van der Waals surface area (Å²) >= 11 is 0. The molecule has 0 aromatic rings. The van der Waals surface area contributed by atoms with Crippen molar-refractivity contribution in [3.63, 3.8) is 0 Å². The van der Waals surface area contributed by atoms with Crippen LogP contribution in [0.5, 0.6) is 0 Å². The third-order valence-electron chi connectivity index (χ3n) is 3.80. The first-order valence-electron chi connectivity index (χ1n) is 7.76. The summed E-state index contributed by atoms with van der Waals surface area (Å²) in [5, 5.41) is 11.9. The first-order chi connectivity index (χ1) is 9.48. The molecule has 2 amide bonds. The van der Waals surface area contributed by atoms with Crippen molar-refractivity contribution in [1.29, 1.82) is 0 Å². The van der Waals surface area contributed by atoms with Crippen LogP contribution in [0.2, 0.25) is 0 Å². The number of nitrogens with zero attached hydrogens (tertiary/aromatic N) is 1. The van der Waals surface area contributed by atoms with Gasteiger partial charge in [-0.15, -0.1) is 0 Å². The summed E-state index contributed by atoms with van der Waals surface area (Å²) in [6.45, 7) is 12.0. The number of hydrogen-bond acceptors (Lipinski definition) is 2. The lowest BCUT2D eigenvalue weighted by atomic mass is 9.84. The van der Waals surface area contributed by atoms with Gasteiger partial charge in [-0.1, -0.05) is 34.6 Å². The normalized spacial score (nSPS) is 20.0. The molecule has 0 spiro atoms. The second-order valence-electron chi connectivity index (χ2n) is 8.20. The average molecular weight is 298 g/mol. The molecule has 5 heteroatoms. The maximum atomic E-state index is 12.4. The van der Waals surface area contributed by atoms with Crippen molar-refractivity contribution in [3.05, 3.63) is 0 Å². The summed E-state index contributed by atoms with van der Waals surface area (Å²) in [5.41, 5.74) is 0.122. The van der Waals surface area contributed by atoms with Gasteiger partial charge in [0, 0.05) is 19.1 Å². The highest BCUT2D eigenvalue weighted by Gasteiger charge is 2.31. The summed E-state index contributed by atoms with van der Waals surface area (Å²) in [5.74, 6) is -0.872. The number of aliphatic carboxylic acids is 1. The number of carboxylic acids is 1. The molecule has 1 unspecified atom stereocenters. The van der Waals surface area contributed by atoms with Crippen molar-refractivity contribution in [2.75, 3.05) is 13.1 Å². The van der Waals surface area contributed by atoms with E-state index in [-0.39, 0.29) is 29.3 Å². The van der Waals surface area contributed by atoms with E-state index in [1.54, 1.807) is 0 Å². The van der Waals surface area contributed by atoms with E-state index in [4.69, 9.17) is 5.11 Å². The summed E-state index contributed by atoms with van der Waals surface area (Å²) in [6.07, 6.45) is 2.75. The van der Waals surface area contributed by atoms with E-state index >= 15 is 0 Å². The number of carbonyl (C=O) groups is 2. The fourth-order valence-electron chi connectivity index (χ4n) is 2.99. The number of hydrogen-bond donors (Lipinski definition) is 2. The fourth-order valence-corrected chi connectivity index (χ4v) is 2.99. The van der Waals surface area contributed by atoms with Gasteiger partial charge in [-0.3, -0.25) is 4.79 Å². The van der Waals surface area contributed by atoms with Gasteiger partial charge in [0.25, 0.3) is 0 Å². The van der Waals surface area contributed by atoms with E-state index in [9.17, 15) is 9.59 Å². The van der Waals surface area contributed by atoms with Crippen LogP contribution in [0.3, 0.4) is 0 Å². The summed E-state index contributed by atoms with van der Waals surface area (Å²) in [7, 11) is 0. The van der Waals surface area contributed by atoms with Crippen molar-refractivity contribution in [1.82, 2.24) is 10.2 Å². The van der Waals surface area contributed by atoms with Crippen molar-refractivity contribution in [3.8, 4) is 0 Å². The fraction of sp³-hybridized carbons (Fsp3) is 0.875. The molecule has 1 rings (SSSR count). The van der Waals surface area contributed by atoms with Crippen LogP contribution in [0.25, 0.3) is 0 Å². The lowest BCUT2D eigenvalue weighted by molar-refractivity contribution is -0.137. The van der Waals surface area contributed by atoms with Crippen molar-refractivity contribution in [2.45, 2.75) is 66.3 Å². The Hall–Kier alpha value is -1.26. The number of rotatable bonds is 4. The Morgan fingerprint density at radius 2 is 1.95 bits per heavy atom. The molecule has 0 bridgehead atoms. The number of carbonyl (C=O) groups excluding carboxylic acids is 1. The van der Waals surface area contributed by atoms with Gasteiger partial charge in [0.05, 0.1) is 6.42 Å². The lowest BCUT2D eigenvalue weighted by Crippen LogP contribution is -2.51. The minimum Gasteiger partial charge on any atom is -0.481 e. The Morgan fingerprint density at radius 3 is 2.43 bits per heavy atom. The zero-order valence-corrected chi connectivity index (χ0v) is 14.0. The predicted molar refractivity (Wildman–Crippen MR) is 83.2 cm³/mol. The van der Waals surface area contributed by atoms with Crippen LogP contribution in [-0.4, -0.2) is 41.1 Å². The zero-order valence-electron chi connectivity index (χ0n) is 14.0. The van der Waals surface area contributed by atoms with Crippen LogP contribution in [-0.2, 0) is 4.79 Å². The molecule has 21 heavy (non-hydrogen) atoms. The Bertz CT molecular complexity index is 385. The Balaban J connectivity index is 2.64. The van der Waals surface area contributed by atoms with E-state index in [1.807, 2.05) is 4.90 Å². The molecule has 1 saturated heterocycles. The molecule has 1 aliphatic heterocycles. The summed E-state index contributed by atoms with van der Waals surface area (Å²) < 4.78 is 0. The quantitative estimate of drug-likeness (QED) is 0.838. The highest BCUT2D eigenvalue weighted by Crippen LogP contribution is 2.28. The number of carboxylic acid groups (broad SMARTS) is 1. The first kappa shape index (κ1) is 17.8. The van der Waals surface area contributed by atoms with Gasteiger partial charge in [-0.05, 0) is 30.1 Å². The molecular formula is C16H30N2O3. The van der Waals surface area contributed by atoms with E-state index in [1.165, 1.54) is 0 Å². The van der Waals surface area contributed by atoms with Gasteiger partial charge in [-0.2, -0.15) is 0 Å². The number of nitrogens with one attached hydrogen (secondary N) is 1. The lowest BCUT2D eigenvalue weighted by Gasteiger charge is -2.39. The van der Waals surface area contributed by atoms with E-state index < -0.39 is 5.97 Å². The maximum absolute atomic E-state index is 12.4.